The summed E-state index contributed by atoms with van der Waals surface area (Å²) in [6.45, 7) is 1.89. The zero-order valence-electron chi connectivity index (χ0n) is 8.84. The Kier molecular flexibility index (Phi) is 3.73. The van der Waals surface area contributed by atoms with E-state index in [-0.39, 0.29) is 5.82 Å². The van der Waals surface area contributed by atoms with Gasteiger partial charge in [0.1, 0.15) is 18.0 Å². The molecule has 3 nitrogen and oxygen atoms in total. The molecule has 1 aromatic carbocycles. The van der Waals surface area contributed by atoms with Crippen molar-refractivity contribution in [3.8, 4) is 0 Å². The van der Waals surface area contributed by atoms with Crippen LogP contribution in [0.2, 0.25) is 0 Å². The van der Waals surface area contributed by atoms with Crippen LogP contribution in [-0.4, -0.2) is 9.97 Å². The van der Waals surface area contributed by atoms with Crippen molar-refractivity contribution in [3.05, 3.63) is 45.0 Å². The number of aromatic nitrogens is 2. The van der Waals surface area contributed by atoms with E-state index in [0.29, 0.717) is 16.0 Å². The van der Waals surface area contributed by atoms with Gasteiger partial charge >= 0.3 is 0 Å². The monoisotopic (exact) mass is 359 g/mol. The SMILES string of the molecule is Cc1cc(Br)c(F)cc1Nc1ncncc1Br. The van der Waals surface area contributed by atoms with Crippen molar-refractivity contribution in [1.82, 2.24) is 9.97 Å². The number of anilines is 2. The first-order valence-electron chi connectivity index (χ1n) is 4.76. The van der Waals surface area contributed by atoms with Crippen molar-refractivity contribution in [2.75, 3.05) is 5.32 Å². The van der Waals surface area contributed by atoms with Crippen molar-refractivity contribution in [2.24, 2.45) is 0 Å². The third-order valence-electron chi connectivity index (χ3n) is 2.19. The van der Waals surface area contributed by atoms with Gasteiger partial charge in [0, 0.05) is 11.9 Å². The second-order valence-electron chi connectivity index (χ2n) is 3.43. The Hall–Kier alpha value is -1.01. The van der Waals surface area contributed by atoms with Crippen molar-refractivity contribution >= 4 is 43.4 Å². The lowest BCUT2D eigenvalue weighted by Crippen LogP contribution is -1.98. The number of rotatable bonds is 2. The number of nitrogens with zero attached hydrogens (tertiary/aromatic N) is 2. The molecule has 0 spiro atoms. The predicted molar refractivity (Wildman–Crippen MR) is 71.9 cm³/mol. The summed E-state index contributed by atoms with van der Waals surface area (Å²) >= 11 is 6.46. The van der Waals surface area contributed by atoms with E-state index in [9.17, 15) is 4.39 Å². The summed E-state index contributed by atoms with van der Waals surface area (Å²) in [7, 11) is 0. The summed E-state index contributed by atoms with van der Waals surface area (Å²) in [6, 6.07) is 3.14. The van der Waals surface area contributed by atoms with Crippen LogP contribution in [0.1, 0.15) is 5.56 Å². The van der Waals surface area contributed by atoms with Crippen molar-refractivity contribution in [1.29, 1.82) is 0 Å². The van der Waals surface area contributed by atoms with E-state index in [0.717, 1.165) is 10.0 Å². The molecule has 1 aromatic heterocycles. The van der Waals surface area contributed by atoms with Gasteiger partial charge in [-0.1, -0.05) is 0 Å². The number of benzene rings is 1. The van der Waals surface area contributed by atoms with Gasteiger partial charge in [-0.25, -0.2) is 14.4 Å². The topological polar surface area (TPSA) is 37.8 Å². The van der Waals surface area contributed by atoms with Gasteiger partial charge in [0.15, 0.2) is 0 Å². The van der Waals surface area contributed by atoms with Gasteiger partial charge in [-0.15, -0.1) is 0 Å². The first kappa shape index (κ1) is 12.4. The van der Waals surface area contributed by atoms with E-state index in [2.05, 4.69) is 47.1 Å². The average molecular weight is 361 g/mol. The minimum Gasteiger partial charge on any atom is -0.339 e. The minimum atomic E-state index is -0.316. The van der Waals surface area contributed by atoms with Gasteiger partial charge in [-0.05, 0) is 56.5 Å². The molecule has 0 atom stereocenters. The second kappa shape index (κ2) is 5.10. The summed E-state index contributed by atoms with van der Waals surface area (Å²) in [5, 5.41) is 3.05. The summed E-state index contributed by atoms with van der Waals surface area (Å²) in [5.74, 6) is 0.285. The summed E-state index contributed by atoms with van der Waals surface area (Å²) in [6.07, 6.45) is 3.05. The van der Waals surface area contributed by atoms with Crippen molar-refractivity contribution < 1.29 is 4.39 Å². The highest BCUT2D eigenvalue weighted by Gasteiger charge is 2.07. The average Bonchev–Trinajstić information content (AvgIpc) is 2.29. The Labute approximate surface area is 115 Å². The maximum Gasteiger partial charge on any atom is 0.148 e. The Morgan fingerprint density at radius 1 is 1.24 bits per heavy atom. The van der Waals surface area contributed by atoms with Crippen LogP contribution in [0, 0.1) is 12.7 Å². The Bertz CT molecular complexity index is 560. The number of aryl methyl sites for hydroxylation is 1. The fraction of sp³-hybridized carbons (Fsp3) is 0.0909. The van der Waals surface area contributed by atoms with E-state index in [1.807, 2.05) is 6.92 Å². The molecule has 0 fully saturated rings. The van der Waals surface area contributed by atoms with Gasteiger partial charge in [0.2, 0.25) is 0 Å². The normalized spacial score (nSPS) is 10.4. The highest BCUT2D eigenvalue weighted by molar-refractivity contribution is 9.10. The van der Waals surface area contributed by atoms with Crippen LogP contribution in [0.5, 0.6) is 0 Å². The lowest BCUT2D eigenvalue weighted by Gasteiger charge is -2.10. The maximum absolute atomic E-state index is 13.4. The minimum absolute atomic E-state index is 0.316. The molecule has 1 heterocycles. The van der Waals surface area contributed by atoms with Crippen LogP contribution in [0.15, 0.2) is 33.6 Å². The first-order valence-corrected chi connectivity index (χ1v) is 6.34. The molecule has 1 N–H and O–H groups in total. The number of hydrogen-bond acceptors (Lipinski definition) is 3. The van der Waals surface area contributed by atoms with E-state index >= 15 is 0 Å². The molecule has 0 aliphatic carbocycles. The van der Waals surface area contributed by atoms with Crippen LogP contribution < -0.4 is 5.32 Å². The highest BCUT2D eigenvalue weighted by atomic mass is 79.9. The van der Waals surface area contributed by atoms with E-state index in [1.54, 1.807) is 12.3 Å². The fourth-order valence-corrected chi connectivity index (χ4v) is 2.09. The van der Waals surface area contributed by atoms with Crippen LogP contribution in [0.3, 0.4) is 0 Å². The quantitative estimate of drug-likeness (QED) is 0.872. The molecule has 17 heavy (non-hydrogen) atoms. The van der Waals surface area contributed by atoms with E-state index in [4.69, 9.17) is 0 Å². The number of nitrogens with one attached hydrogen (secondary N) is 1. The molecule has 0 aliphatic heterocycles. The molecule has 0 amide bonds. The van der Waals surface area contributed by atoms with Gasteiger partial charge < -0.3 is 5.32 Å². The Morgan fingerprint density at radius 2 is 2.00 bits per heavy atom. The number of hydrogen-bond donors (Lipinski definition) is 1. The van der Waals surface area contributed by atoms with Crippen LogP contribution in [-0.2, 0) is 0 Å². The standard InChI is InChI=1S/C11H8Br2FN3/c1-6-2-7(12)9(14)3-10(6)17-11-8(13)4-15-5-16-11/h2-5H,1H3,(H,15,16,17). The predicted octanol–water partition coefficient (Wildman–Crippen LogP) is 4.19. The Morgan fingerprint density at radius 3 is 2.71 bits per heavy atom. The second-order valence-corrected chi connectivity index (χ2v) is 5.13. The van der Waals surface area contributed by atoms with Crippen LogP contribution in [0.25, 0.3) is 0 Å². The maximum atomic E-state index is 13.4. The largest absolute Gasteiger partial charge is 0.339 e. The molecule has 2 aromatic rings. The lowest BCUT2D eigenvalue weighted by atomic mass is 10.2. The molecule has 0 radical (unpaired) electrons. The molecular formula is C11H8Br2FN3. The highest BCUT2D eigenvalue weighted by Crippen LogP contribution is 2.28. The molecule has 6 heteroatoms. The summed E-state index contributed by atoms with van der Waals surface area (Å²) < 4.78 is 14.6. The molecule has 2 rings (SSSR count). The third kappa shape index (κ3) is 2.81. The van der Waals surface area contributed by atoms with Crippen LogP contribution in [0.4, 0.5) is 15.9 Å². The molecule has 0 unspecified atom stereocenters. The molecular weight excluding hydrogens is 353 g/mol. The van der Waals surface area contributed by atoms with E-state index < -0.39 is 0 Å². The van der Waals surface area contributed by atoms with Gasteiger partial charge in [-0.3, -0.25) is 0 Å². The van der Waals surface area contributed by atoms with Crippen molar-refractivity contribution in [3.63, 3.8) is 0 Å². The third-order valence-corrected chi connectivity index (χ3v) is 3.38. The molecule has 0 bridgehead atoms. The van der Waals surface area contributed by atoms with Gasteiger partial charge in [0.25, 0.3) is 0 Å². The summed E-state index contributed by atoms with van der Waals surface area (Å²) in [4.78, 5) is 7.92. The smallest absolute Gasteiger partial charge is 0.148 e. The van der Waals surface area contributed by atoms with E-state index in [1.165, 1.54) is 12.4 Å². The zero-order chi connectivity index (χ0) is 12.4. The van der Waals surface area contributed by atoms with Gasteiger partial charge in [0.05, 0.1) is 8.95 Å². The summed E-state index contributed by atoms with van der Waals surface area (Å²) in [5.41, 5.74) is 1.59. The first-order chi connectivity index (χ1) is 8.08. The lowest BCUT2D eigenvalue weighted by molar-refractivity contribution is 0.621. The number of halogens is 3. The van der Waals surface area contributed by atoms with Crippen LogP contribution >= 0.6 is 31.9 Å². The van der Waals surface area contributed by atoms with Crippen molar-refractivity contribution in [2.45, 2.75) is 6.92 Å². The zero-order valence-corrected chi connectivity index (χ0v) is 12.0. The fourth-order valence-electron chi connectivity index (χ4n) is 1.31. The van der Waals surface area contributed by atoms with Gasteiger partial charge in [-0.2, -0.15) is 0 Å². The molecule has 88 valence electrons. The molecule has 0 saturated heterocycles. The Balaban J connectivity index is 2.37. The molecule has 0 saturated carbocycles. The molecule has 0 aliphatic rings.